The van der Waals surface area contributed by atoms with Crippen molar-refractivity contribution in [2.75, 3.05) is 11.6 Å². The van der Waals surface area contributed by atoms with E-state index in [9.17, 15) is 9.90 Å². The Morgan fingerprint density at radius 1 is 1.33 bits per heavy atom. The Bertz CT molecular complexity index is 447. The van der Waals surface area contributed by atoms with E-state index in [-0.39, 0.29) is 0 Å². The number of aromatic nitrogens is 2. The molecule has 1 heterocycles. The third-order valence-corrected chi connectivity index (χ3v) is 4.03. The Kier molecular flexibility index (Phi) is 4.21. The Morgan fingerprint density at radius 3 is 2.44 bits per heavy atom. The number of aliphatic carboxylic acids is 1. The predicted octanol–water partition coefficient (Wildman–Crippen LogP) is 2.50. The van der Waals surface area contributed by atoms with Gasteiger partial charge in [-0.3, -0.25) is 4.79 Å². The molecular weight excluding hydrogens is 250 g/mol. The number of rotatable bonds is 5. The first-order valence-corrected chi connectivity index (χ1v) is 6.81. The van der Waals surface area contributed by atoms with Gasteiger partial charge in [0.1, 0.15) is 17.2 Å². The summed E-state index contributed by atoms with van der Waals surface area (Å²) in [6, 6.07) is 1.81. The molecule has 0 aliphatic rings. The third kappa shape index (κ3) is 2.93. The standard InChI is InChI=1S/C12H19N3O2S/c1-11(2,10(16)17)12(3,4)15-8-6-9(18-5)14-7-13-8/h6-7H,1-5H3,(H,16,17)(H,13,14,15). The highest BCUT2D eigenvalue weighted by atomic mass is 32.2. The summed E-state index contributed by atoms with van der Waals surface area (Å²) in [4.78, 5) is 19.5. The van der Waals surface area contributed by atoms with Crippen molar-refractivity contribution in [3.8, 4) is 0 Å². The van der Waals surface area contributed by atoms with Gasteiger partial charge in [0, 0.05) is 11.6 Å². The zero-order chi connectivity index (χ0) is 14.0. The molecule has 0 saturated heterocycles. The molecule has 0 bridgehead atoms. The molecule has 1 rings (SSSR count). The first kappa shape index (κ1) is 14.8. The summed E-state index contributed by atoms with van der Waals surface area (Å²) in [5, 5.41) is 13.3. The van der Waals surface area contributed by atoms with E-state index in [0.29, 0.717) is 5.82 Å². The molecule has 18 heavy (non-hydrogen) atoms. The van der Waals surface area contributed by atoms with Crippen LogP contribution in [0.15, 0.2) is 17.4 Å². The van der Waals surface area contributed by atoms with Gasteiger partial charge in [-0.1, -0.05) is 0 Å². The van der Waals surface area contributed by atoms with Gasteiger partial charge in [-0.05, 0) is 34.0 Å². The maximum atomic E-state index is 11.3. The van der Waals surface area contributed by atoms with Crippen LogP contribution in [0.4, 0.5) is 5.82 Å². The third-order valence-electron chi connectivity index (χ3n) is 3.39. The lowest BCUT2D eigenvalue weighted by atomic mass is 9.74. The Labute approximate surface area is 111 Å². The van der Waals surface area contributed by atoms with Crippen LogP contribution >= 0.6 is 11.8 Å². The molecule has 6 heteroatoms. The number of hydrogen-bond donors (Lipinski definition) is 2. The van der Waals surface area contributed by atoms with E-state index in [2.05, 4.69) is 15.3 Å². The van der Waals surface area contributed by atoms with Crippen molar-refractivity contribution in [3.63, 3.8) is 0 Å². The molecule has 1 aromatic rings. The van der Waals surface area contributed by atoms with Crippen molar-refractivity contribution < 1.29 is 9.90 Å². The van der Waals surface area contributed by atoms with Crippen molar-refractivity contribution in [2.24, 2.45) is 5.41 Å². The number of carbonyl (C=O) groups is 1. The second-order valence-corrected chi connectivity index (χ2v) is 5.95. The average molecular weight is 269 g/mol. The van der Waals surface area contributed by atoms with Crippen molar-refractivity contribution >= 4 is 23.5 Å². The summed E-state index contributed by atoms with van der Waals surface area (Å²) >= 11 is 1.52. The van der Waals surface area contributed by atoms with E-state index >= 15 is 0 Å². The number of hydrogen-bond acceptors (Lipinski definition) is 5. The van der Waals surface area contributed by atoms with Crippen LogP contribution in [0.25, 0.3) is 0 Å². The zero-order valence-corrected chi connectivity index (χ0v) is 12.1. The van der Waals surface area contributed by atoms with E-state index < -0.39 is 16.9 Å². The quantitative estimate of drug-likeness (QED) is 0.632. The molecule has 1 aromatic heterocycles. The number of carboxylic acids is 1. The second-order valence-electron chi connectivity index (χ2n) is 5.13. The highest BCUT2D eigenvalue weighted by molar-refractivity contribution is 7.98. The van der Waals surface area contributed by atoms with Crippen molar-refractivity contribution in [1.29, 1.82) is 0 Å². The monoisotopic (exact) mass is 269 g/mol. The molecule has 0 atom stereocenters. The number of anilines is 1. The van der Waals surface area contributed by atoms with Gasteiger partial charge < -0.3 is 10.4 Å². The van der Waals surface area contributed by atoms with Gasteiger partial charge in [-0.25, -0.2) is 9.97 Å². The summed E-state index contributed by atoms with van der Waals surface area (Å²) in [6.45, 7) is 7.09. The van der Waals surface area contributed by atoms with E-state index in [0.717, 1.165) is 5.03 Å². The minimum Gasteiger partial charge on any atom is -0.481 e. The molecule has 0 radical (unpaired) electrons. The number of carboxylic acid groups (broad SMARTS) is 1. The molecule has 0 aliphatic carbocycles. The Balaban J connectivity index is 2.98. The van der Waals surface area contributed by atoms with Crippen LogP contribution < -0.4 is 5.32 Å². The lowest BCUT2D eigenvalue weighted by Gasteiger charge is -2.39. The number of nitrogens with one attached hydrogen (secondary N) is 1. The highest BCUT2D eigenvalue weighted by Crippen LogP contribution is 2.33. The first-order valence-electron chi connectivity index (χ1n) is 5.58. The molecule has 0 unspecified atom stereocenters. The minimum absolute atomic E-state index is 0.633. The molecular formula is C12H19N3O2S. The van der Waals surface area contributed by atoms with Crippen LogP contribution in [0.5, 0.6) is 0 Å². The second kappa shape index (κ2) is 5.14. The normalized spacial score (nSPS) is 12.3. The van der Waals surface area contributed by atoms with Gasteiger partial charge in [-0.2, -0.15) is 0 Å². The fourth-order valence-corrected chi connectivity index (χ4v) is 1.65. The topological polar surface area (TPSA) is 75.1 Å². The maximum absolute atomic E-state index is 11.3. The van der Waals surface area contributed by atoms with Crippen LogP contribution in [0.3, 0.4) is 0 Å². The molecule has 0 amide bonds. The highest BCUT2D eigenvalue weighted by Gasteiger charge is 2.43. The SMILES string of the molecule is CSc1cc(NC(C)(C)C(C)(C)C(=O)O)ncn1. The van der Waals surface area contributed by atoms with Crippen molar-refractivity contribution in [3.05, 3.63) is 12.4 Å². The van der Waals surface area contributed by atoms with Crippen LogP contribution in [0, 0.1) is 5.41 Å². The zero-order valence-electron chi connectivity index (χ0n) is 11.3. The largest absolute Gasteiger partial charge is 0.481 e. The maximum Gasteiger partial charge on any atom is 0.311 e. The van der Waals surface area contributed by atoms with Gasteiger partial charge >= 0.3 is 5.97 Å². The summed E-state index contributed by atoms with van der Waals surface area (Å²) in [5.74, 6) is -0.215. The molecule has 0 spiro atoms. The van der Waals surface area contributed by atoms with Crippen LogP contribution in [0.1, 0.15) is 27.7 Å². The molecule has 0 aromatic carbocycles. The molecule has 0 fully saturated rings. The lowest BCUT2D eigenvalue weighted by molar-refractivity contribution is -0.149. The van der Waals surface area contributed by atoms with Crippen molar-refractivity contribution in [2.45, 2.75) is 38.3 Å². The van der Waals surface area contributed by atoms with Crippen molar-refractivity contribution in [1.82, 2.24) is 9.97 Å². The Hall–Kier alpha value is -1.30. The van der Waals surface area contributed by atoms with Gasteiger partial charge in [0.2, 0.25) is 0 Å². The summed E-state index contributed by atoms with van der Waals surface area (Å²) < 4.78 is 0. The smallest absolute Gasteiger partial charge is 0.311 e. The predicted molar refractivity (Wildman–Crippen MR) is 72.9 cm³/mol. The lowest BCUT2D eigenvalue weighted by Crippen LogP contribution is -2.50. The van der Waals surface area contributed by atoms with Crippen LogP contribution in [0.2, 0.25) is 0 Å². The average Bonchev–Trinajstić information content (AvgIpc) is 2.28. The number of nitrogens with zero attached hydrogens (tertiary/aromatic N) is 2. The molecule has 5 nitrogen and oxygen atoms in total. The van der Waals surface area contributed by atoms with Gasteiger partial charge in [0.15, 0.2) is 0 Å². The minimum atomic E-state index is -0.919. The Morgan fingerprint density at radius 2 is 1.94 bits per heavy atom. The molecule has 0 aliphatic heterocycles. The fraction of sp³-hybridized carbons (Fsp3) is 0.583. The summed E-state index contributed by atoms with van der Waals surface area (Å²) in [7, 11) is 0. The molecule has 2 N–H and O–H groups in total. The molecule has 100 valence electrons. The van der Waals surface area contributed by atoms with E-state index in [1.54, 1.807) is 13.8 Å². The van der Waals surface area contributed by atoms with Crippen LogP contribution in [-0.4, -0.2) is 32.8 Å². The van der Waals surface area contributed by atoms with Gasteiger partial charge in [0.25, 0.3) is 0 Å². The summed E-state index contributed by atoms with van der Waals surface area (Å²) in [5.41, 5.74) is -1.56. The van der Waals surface area contributed by atoms with E-state index in [1.807, 2.05) is 26.2 Å². The van der Waals surface area contributed by atoms with Gasteiger partial charge in [0.05, 0.1) is 5.41 Å². The van der Waals surface area contributed by atoms with Gasteiger partial charge in [-0.15, -0.1) is 11.8 Å². The van der Waals surface area contributed by atoms with E-state index in [1.165, 1.54) is 18.1 Å². The van der Waals surface area contributed by atoms with Crippen LogP contribution in [-0.2, 0) is 4.79 Å². The van der Waals surface area contributed by atoms with E-state index in [4.69, 9.17) is 0 Å². The summed E-state index contributed by atoms with van der Waals surface area (Å²) in [6.07, 6.45) is 3.40. The first-order chi connectivity index (χ1) is 8.20. The number of thioether (sulfide) groups is 1. The molecule has 0 saturated carbocycles. The fourth-order valence-electron chi connectivity index (χ4n) is 1.26.